The van der Waals surface area contributed by atoms with Gasteiger partial charge in [-0.1, -0.05) is 30.3 Å². The number of nitrogens with one attached hydrogen (secondary N) is 2. The summed E-state index contributed by atoms with van der Waals surface area (Å²) in [4.78, 5) is 11.4. The fourth-order valence-corrected chi connectivity index (χ4v) is 3.88. The van der Waals surface area contributed by atoms with Crippen molar-refractivity contribution in [2.24, 2.45) is 10.9 Å². The van der Waals surface area contributed by atoms with E-state index in [9.17, 15) is 0 Å². The molecule has 6 nitrogen and oxygen atoms in total. The Bertz CT molecular complexity index is 904. The normalized spacial score (nSPS) is 15.1. The number of benzene rings is 1. The van der Waals surface area contributed by atoms with Crippen molar-refractivity contribution in [3.05, 3.63) is 84.6 Å². The molecule has 0 atom stereocenters. The van der Waals surface area contributed by atoms with Gasteiger partial charge in [-0.15, -0.1) is 0 Å². The fraction of sp³-hybridized carbons (Fsp3) is 0.360. The molecule has 1 aliphatic heterocycles. The van der Waals surface area contributed by atoms with Crippen LogP contribution in [0.5, 0.6) is 0 Å². The third-order valence-electron chi connectivity index (χ3n) is 5.71. The summed E-state index contributed by atoms with van der Waals surface area (Å²) in [6, 6.07) is 18.5. The zero-order valence-corrected chi connectivity index (χ0v) is 17.9. The summed E-state index contributed by atoms with van der Waals surface area (Å²) in [5, 5.41) is 7.04. The number of hydrogen-bond donors (Lipinski definition) is 2. The molecule has 2 aromatic heterocycles. The van der Waals surface area contributed by atoms with Gasteiger partial charge in [0, 0.05) is 50.7 Å². The van der Waals surface area contributed by atoms with Crippen molar-refractivity contribution in [2.45, 2.75) is 25.8 Å². The van der Waals surface area contributed by atoms with Gasteiger partial charge in [-0.25, -0.2) is 4.99 Å². The first-order valence-corrected chi connectivity index (χ1v) is 11.1. The van der Waals surface area contributed by atoms with Crippen LogP contribution in [0.1, 0.15) is 24.2 Å². The minimum absolute atomic E-state index is 0.645. The van der Waals surface area contributed by atoms with Gasteiger partial charge in [0.25, 0.3) is 0 Å². The molecule has 2 N–H and O–H groups in total. The van der Waals surface area contributed by atoms with E-state index in [1.54, 1.807) is 6.26 Å². The van der Waals surface area contributed by atoms with Crippen LogP contribution in [0.3, 0.4) is 0 Å². The van der Waals surface area contributed by atoms with Crippen LogP contribution in [0.25, 0.3) is 0 Å². The van der Waals surface area contributed by atoms with Gasteiger partial charge in [0.15, 0.2) is 5.96 Å². The van der Waals surface area contributed by atoms with E-state index in [1.165, 1.54) is 24.1 Å². The second-order valence-corrected chi connectivity index (χ2v) is 7.92. The lowest BCUT2D eigenvalue weighted by Gasteiger charge is -2.33. The molecule has 0 bridgehead atoms. The summed E-state index contributed by atoms with van der Waals surface area (Å²) in [6.07, 6.45) is 8.64. The van der Waals surface area contributed by atoms with Crippen LogP contribution in [0, 0.1) is 5.92 Å². The van der Waals surface area contributed by atoms with Gasteiger partial charge in [0.1, 0.15) is 5.76 Å². The Morgan fingerprint density at radius 3 is 2.55 bits per heavy atom. The van der Waals surface area contributed by atoms with Gasteiger partial charge < -0.3 is 20.0 Å². The highest BCUT2D eigenvalue weighted by Gasteiger charge is 2.19. The number of furan rings is 1. The first-order valence-electron chi connectivity index (χ1n) is 11.1. The summed E-state index contributed by atoms with van der Waals surface area (Å²) in [5.74, 6) is 2.50. The van der Waals surface area contributed by atoms with Gasteiger partial charge in [0.2, 0.25) is 0 Å². The molecule has 1 saturated heterocycles. The number of rotatable bonds is 8. The average molecular weight is 418 g/mol. The van der Waals surface area contributed by atoms with Crippen LogP contribution in [0.15, 0.2) is 82.7 Å². The lowest BCUT2D eigenvalue weighted by molar-refractivity contribution is 0.400. The predicted octanol–water partition coefficient (Wildman–Crippen LogP) is 3.87. The highest BCUT2D eigenvalue weighted by atomic mass is 16.3. The topological polar surface area (TPSA) is 65.7 Å². The predicted molar refractivity (Wildman–Crippen MR) is 125 cm³/mol. The van der Waals surface area contributed by atoms with E-state index in [4.69, 9.17) is 9.41 Å². The minimum atomic E-state index is 0.645. The summed E-state index contributed by atoms with van der Waals surface area (Å²) in [7, 11) is 0. The van der Waals surface area contributed by atoms with Crippen molar-refractivity contribution in [3.63, 3.8) is 0 Å². The first-order chi connectivity index (χ1) is 15.4. The quantitative estimate of drug-likeness (QED) is 0.430. The van der Waals surface area contributed by atoms with Gasteiger partial charge in [-0.3, -0.25) is 4.98 Å². The second-order valence-electron chi connectivity index (χ2n) is 7.92. The van der Waals surface area contributed by atoms with Crippen LogP contribution in [0.4, 0.5) is 5.69 Å². The molecule has 1 aliphatic rings. The summed E-state index contributed by atoms with van der Waals surface area (Å²) >= 11 is 0. The fourth-order valence-electron chi connectivity index (χ4n) is 3.88. The molecule has 3 heterocycles. The zero-order chi connectivity index (χ0) is 21.1. The Hall–Kier alpha value is -3.28. The number of nitrogens with zero attached hydrogens (tertiary/aromatic N) is 3. The van der Waals surface area contributed by atoms with Gasteiger partial charge in [-0.05, 0) is 48.6 Å². The molecule has 0 aliphatic carbocycles. The van der Waals surface area contributed by atoms with Crippen LogP contribution < -0.4 is 15.5 Å². The van der Waals surface area contributed by atoms with Crippen molar-refractivity contribution < 1.29 is 4.42 Å². The van der Waals surface area contributed by atoms with Crippen LogP contribution in [-0.2, 0) is 13.0 Å². The molecule has 0 spiro atoms. The monoisotopic (exact) mass is 417 g/mol. The van der Waals surface area contributed by atoms with Crippen LogP contribution in [-0.4, -0.2) is 37.1 Å². The number of hydrogen-bond acceptors (Lipinski definition) is 4. The number of piperidine rings is 1. The molecule has 4 rings (SSSR count). The molecule has 0 radical (unpaired) electrons. The molecule has 0 unspecified atom stereocenters. The molecule has 31 heavy (non-hydrogen) atoms. The Kier molecular flexibility index (Phi) is 7.58. The van der Waals surface area contributed by atoms with E-state index in [0.29, 0.717) is 12.5 Å². The maximum absolute atomic E-state index is 5.44. The molecular weight excluding hydrogens is 386 g/mol. The average Bonchev–Trinajstić information content (AvgIpc) is 3.36. The summed E-state index contributed by atoms with van der Waals surface area (Å²) in [6.45, 7) is 4.55. The SMILES string of the molecule is c1ccc(CN=C(NCCc2ccco2)NCC2CCN(c3ccncc3)CC2)cc1. The Labute approximate surface area is 184 Å². The summed E-state index contributed by atoms with van der Waals surface area (Å²) in [5.41, 5.74) is 2.48. The Morgan fingerprint density at radius 1 is 1.00 bits per heavy atom. The maximum atomic E-state index is 5.44. The van der Waals surface area contributed by atoms with Crippen molar-refractivity contribution in [1.82, 2.24) is 15.6 Å². The van der Waals surface area contributed by atoms with Gasteiger partial charge >= 0.3 is 0 Å². The molecule has 1 fully saturated rings. The van der Waals surface area contributed by atoms with E-state index in [1.807, 2.05) is 30.6 Å². The highest BCUT2D eigenvalue weighted by Crippen LogP contribution is 2.22. The van der Waals surface area contributed by atoms with Crippen LogP contribution >= 0.6 is 0 Å². The van der Waals surface area contributed by atoms with Crippen molar-refractivity contribution in [2.75, 3.05) is 31.1 Å². The Balaban J connectivity index is 1.27. The number of guanidine groups is 1. The van der Waals surface area contributed by atoms with Crippen molar-refractivity contribution >= 4 is 11.6 Å². The number of anilines is 1. The second kappa shape index (κ2) is 11.2. The molecule has 0 saturated carbocycles. The van der Waals surface area contributed by atoms with E-state index in [2.05, 4.69) is 56.9 Å². The molecule has 3 aromatic rings. The third-order valence-corrected chi connectivity index (χ3v) is 5.71. The lowest BCUT2D eigenvalue weighted by Crippen LogP contribution is -2.43. The first kappa shape index (κ1) is 21.0. The number of pyridine rings is 1. The highest BCUT2D eigenvalue weighted by molar-refractivity contribution is 5.79. The molecule has 0 amide bonds. The molecule has 6 heteroatoms. The van der Waals surface area contributed by atoms with E-state index >= 15 is 0 Å². The van der Waals surface area contributed by atoms with Crippen LogP contribution in [0.2, 0.25) is 0 Å². The number of aliphatic imine (C=N–C) groups is 1. The van der Waals surface area contributed by atoms with E-state index in [0.717, 1.165) is 44.3 Å². The van der Waals surface area contributed by atoms with Gasteiger partial charge in [0.05, 0.1) is 12.8 Å². The van der Waals surface area contributed by atoms with E-state index in [-0.39, 0.29) is 0 Å². The largest absolute Gasteiger partial charge is 0.469 e. The van der Waals surface area contributed by atoms with Crippen molar-refractivity contribution in [3.8, 4) is 0 Å². The van der Waals surface area contributed by atoms with Gasteiger partial charge in [-0.2, -0.15) is 0 Å². The lowest BCUT2D eigenvalue weighted by atomic mass is 9.96. The maximum Gasteiger partial charge on any atom is 0.191 e. The minimum Gasteiger partial charge on any atom is -0.469 e. The Morgan fingerprint density at radius 2 is 1.81 bits per heavy atom. The smallest absolute Gasteiger partial charge is 0.191 e. The van der Waals surface area contributed by atoms with E-state index < -0.39 is 0 Å². The molecule has 162 valence electrons. The third kappa shape index (κ3) is 6.60. The number of aromatic nitrogens is 1. The standard InChI is InChI=1S/C25H31N5O/c1-2-5-21(6-3-1)19-28-25(27-15-10-24-7-4-18-31-24)29-20-22-11-16-30(17-12-22)23-8-13-26-14-9-23/h1-9,13-14,18,22H,10-12,15-17,19-20H2,(H2,27,28,29). The zero-order valence-electron chi connectivity index (χ0n) is 17.9. The summed E-state index contributed by atoms with van der Waals surface area (Å²) < 4.78 is 5.44. The van der Waals surface area contributed by atoms with Crippen molar-refractivity contribution in [1.29, 1.82) is 0 Å². The molecular formula is C25H31N5O. The molecule has 1 aromatic carbocycles.